The first-order valence-electron chi connectivity index (χ1n) is 13.4. The van der Waals surface area contributed by atoms with Crippen molar-refractivity contribution in [3.63, 3.8) is 0 Å². The molecule has 0 bridgehead atoms. The van der Waals surface area contributed by atoms with Crippen LogP contribution >= 0.6 is 22.7 Å². The van der Waals surface area contributed by atoms with E-state index >= 15 is 0 Å². The van der Waals surface area contributed by atoms with Crippen LogP contribution in [0.5, 0.6) is 0 Å². The number of carbonyl (C=O) groups excluding carboxylic acids is 5. The number of amides is 4. The molecule has 2 aromatic carbocycles. The van der Waals surface area contributed by atoms with Gasteiger partial charge in [-0.15, -0.1) is 22.7 Å². The summed E-state index contributed by atoms with van der Waals surface area (Å²) in [6, 6.07) is 16.5. The molecular formula is C31H28N4O6S2. The summed E-state index contributed by atoms with van der Waals surface area (Å²) in [7, 11) is 0. The van der Waals surface area contributed by atoms with Gasteiger partial charge in [0.25, 0.3) is 11.8 Å². The summed E-state index contributed by atoms with van der Waals surface area (Å²) < 4.78 is 4.99. The van der Waals surface area contributed by atoms with E-state index in [0.29, 0.717) is 32.4 Å². The lowest BCUT2D eigenvalue weighted by Crippen LogP contribution is -2.54. The van der Waals surface area contributed by atoms with Crippen molar-refractivity contribution in [3.8, 4) is 0 Å². The predicted octanol–water partition coefficient (Wildman–Crippen LogP) is 5.36. The molecule has 4 amide bonds. The smallest absolute Gasteiger partial charge is 0.338 e. The SMILES string of the molecule is CCOC(=O)c1ccc(NC(=O)NC2CN(C(=O)c3cccs3)c3ccc(C)cc3N(CC(=O)c3cccs3)C2=O)cc1. The number of aryl methyl sites for hydroxylation is 1. The van der Waals surface area contributed by atoms with E-state index in [1.807, 2.05) is 13.0 Å². The van der Waals surface area contributed by atoms with E-state index in [4.69, 9.17) is 4.74 Å². The van der Waals surface area contributed by atoms with Gasteiger partial charge in [-0.3, -0.25) is 14.4 Å². The fraction of sp³-hybridized carbons (Fsp3) is 0.194. The molecule has 0 spiro atoms. The summed E-state index contributed by atoms with van der Waals surface area (Å²) in [5.41, 5.74) is 2.39. The fourth-order valence-electron chi connectivity index (χ4n) is 4.63. The van der Waals surface area contributed by atoms with Crippen LogP contribution in [0, 0.1) is 6.92 Å². The van der Waals surface area contributed by atoms with Gasteiger partial charge in [0, 0.05) is 5.69 Å². The molecule has 1 atom stereocenters. The Kier molecular flexibility index (Phi) is 8.98. The predicted molar refractivity (Wildman–Crippen MR) is 167 cm³/mol. The van der Waals surface area contributed by atoms with Crippen LogP contribution in [-0.2, 0) is 9.53 Å². The van der Waals surface area contributed by atoms with Crippen LogP contribution in [0.3, 0.4) is 0 Å². The number of fused-ring (bicyclic) bond motifs is 1. The molecule has 1 unspecified atom stereocenters. The van der Waals surface area contributed by atoms with Crippen molar-refractivity contribution in [2.75, 3.05) is 34.8 Å². The van der Waals surface area contributed by atoms with Crippen molar-refractivity contribution in [2.24, 2.45) is 0 Å². The molecular weight excluding hydrogens is 588 g/mol. The number of urea groups is 1. The van der Waals surface area contributed by atoms with Gasteiger partial charge in [-0.05, 0) is 78.7 Å². The maximum Gasteiger partial charge on any atom is 0.338 e. The number of Topliss-reactive ketones (excluding diaryl/α,β-unsaturated/α-hetero) is 1. The summed E-state index contributed by atoms with van der Waals surface area (Å²) in [6.07, 6.45) is 0. The number of thiophene rings is 2. The molecule has 0 saturated carbocycles. The number of carbonyl (C=O) groups is 5. The van der Waals surface area contributed by atoms with Gasteiger partial charge >= 0.3 is 12.0 Å². The lowest BCUT2D eigenvalue weighted by Gasteiger charge is -2.25. The number of anilines is 3. The maximum absolute atomic E-state index is 14.1. The Morgan fingerprint density at radius 3 is 2.28 bits per heavy atom. The minimum absolute atomic E-state index is 0.162. The number of rotatable bonds is 8. The highest BCUT2D eigenvalue weighted by atomic mass is 32.1. The number of nitrogens with zero attached hydrogens (tertiary/aromatic N) is 2. The van der Waals surface area contributed by atoms with Crippen LogP contribution in [0.4, 0.5) is 21.9 Å². The van der Waals surface area contributed by atoms with Crippen molar-refractivity contribution in [3.05, 3.63) is 98.4 Å². The van der Waals surface area contributed by atoms with Crippen LogP contribution in [0.2, 0.25) is 0 Å². The van der Waals surface area contributed by atoms with Crippen molar-refractivity contribution in [1.82, 2.24) is 5.32 Å². The molecule has 0 radical (unpaired) electrons. The van der Waals surface area contributed by atoms with Gasteiger partial charge < -0.3 is 25.2 Å². The third-order valence-corrected chi connectivity index (χ3v) is 8.44. The lowest BCUT2D eigenvalue weighted by molar-refractivity contribution is -0.119. The number of ether oxygens (including phenoxy) is 1. The molecule has 12 heteroatoms. The first-order chi connectivity index (χ1) is 20.7. The Morgan fingerprint density at radius 1 is 0.930 bits per heavy atom. The number of benzene rings is 2. The molecule has 0 aliphatic carbocycles. The highest BCUT2D eigenvalue weighted by Gasteiger charge is 2.38. The largest absolute Gasteiger partial charge is 0.462 e. The van der Waals surface area contributed by atoms with Gasteiger partial charge in [0.1, 0.15) is 6.04 Å². The molecule has 0 fully saturated rings. The average Bonchev–Trinajstić information content (AvgIpc) is 3.72. The molecule has 4 aromatic rings. The fourth-order valence-corrected chi connectivity index (χ4v) is 5.96. The van der Waals surface area contributed by atoms with Crippen molar-refractivity contribution < 1.29 is 28.7 Å². The monoisotopic (exact) mass is 616 g/mol. The van der Waals surface area contributed by atoms with Crippen molar-refractivity contribution >= 4 is 69.3 Å². The Labute approximate surface area is 255 Å². The molecule has 0 saturated heterocycles. The summed E-state index contributed by atoms with van der Waals surface area (Å²) >= 11 is 2.54. The van der Waals surface area contributed by atoms with Crippen LogP contribution in [0.1, 0.15) is 42.2 Å². The second-order valence-electron chi connectivity index (χ2n) is 9.66. The molecule has 2 aromatic heterocycles. The van der Waals surface area contributed by atoms with E-state index < -0.39 is 23.9 Å². The quantitative estimate of drug-likeness (QED) is 0.203. The van der Waals surface area contributed by atoms with Crippen LogP contribution in [0.25, 0.3) is 0 Å². The van der Waals surface area contributed by atoms with Gasteiger partial charge in [-0.1, -0.05) is 18.2 Å². The topological polar surface area (TPSA) is 125 Å². The zero-order valence-corrected chi connectivity index (χ0v) is 25.0. The van der Waals surface area contributed by atoms with Crippen LogP contribution in [0.15, 0.2) is 77.5 Å². The van der Waals surface area contributed by atoms with Gasteiger partial charge in [-0.2, -0.15) is 0 Å². The van der Waals surface area contributed by atoms with E-state index in [1.165, 1.54) is 56.7 Å². The minimum atomic E-state index is -1.19. The number of esters is 1. The summed E-state index contributed by atoms with van der Waals surface area (Å²) in [5, 5.41) is 8.94. The zero-order chi connectivity index (χ0) is 30.5. The van der Waals surface area contributed by atoms with Gasteiger partial charge in [-0.25, -0.2) is 9.59 Å². The Bertz CT molecular complexity index is 1650. The van der Waals surface area contributed by atoms with Crippen molar-refractivity contribution in [2.45, 2.75) is 19.9 Å². The molecule has 1 aliphatic rings. The molecule has 5 rings (SSSR count). The van der Waals surface area contributed by atoms with Crippen LogP contribution in [-0.4, -0.2) is 55.3 Å². The molecule has 10 nitrogen and oxygen atoms in total. The molecule has 43 heavy (non-hydrogen) atoms. The standard InChI is InChI=1S/C31H28N4O6S2/c1-3-41-30(39)20-9-11-21(12-10-20)32-31(40)33-22-17-34(29(38)27-7-5-15-43-27)23-13-8-19(2)16-24(23)35(28(22)37)18-25(36)26-6-4-14-42-26/h4-16,22H,3,17-18H2,1-2H3,(H2,32,33,40). The van der Waals surface area contributed by atoms with Gasteiger partial charge in [0.2, 0.25) is 0 Å². The van der Waals surface area contributed by atoms with E-state index in [9.17, 15) is 24.0 Å². The second-order valence-corrected chi connectivity index (χ2v) is 11.6. The molecule has 1 aliphatic heterocycles. The first kappa shape index (κ1) is 29.7. The van der Waals surface area contributed by atoms with Crippen molar-refractivity contribution in [1.29, 1.82) is 0 Å². The number of ketones is 1. The number of hydrogen-bond acceptors (Lipinski definition) is 8. The normalized spacial score (nSPS) is 14.5. The number of nitrogens with one attached hydrogen (secondary N) is 2. The zero-order valence-electron chi connectivity index (χ0n) is 23.4. The van der Waals surface area contributed by atoms with Crippen LogP contribution < -0.4 is 20.4 Å². The Morgan fingerprint density at radius 2 is 1.63 bits per heavy atom. The van der Waals surface area contributed by atoms with E-state index in [0.717, 1.165) is 5.56 Å². The second kappa shape index (κ2) is 13.0. The third kappa shape index (κ3) is 6.65. The summed E-state index contributed by atoms with van der Waals surface area (Å²) in [6.45, 7) is 3.37. The van der Waals surface area contributed by atoms with Gasteiger partial charge in [0.05, 0.1) is 46.4 Å². The minimum Gasteiger partial charge on any atom is -0.462 e. The third-order valence-electron chi connectivity index (χ3n) is 6.68. The summed E-state index contributed by atoms with van der Waals surface area (Å²) in [5.74, 6) is -1.61. The van der Waals surface area contributed by atoms with E-state index in [-0.39, 0.29) is 31.4 Å². The van der Waals surface area contributed by atoms with E-state index in [1.54, 1.807) is 54.1 Å². The van der Waals surface area contributed by atoms with Gasteiger partial charge in [0.15, 0.2) is 5.78 Å². The first-order valence-corrected chi connectivity index (χ1v) is 15.2. The highest BCUT2D eigenvalue weighted by Crippen LogP contribution is 2.35. The molecule has 220 valence electrons. The molecule has 3 heterocycles. The van der Waals surface area contributed by atoms with E-state index in [2.05, 4.69) is 10.6 Å². The highest BCUT2D eigenvalue weighted by molar-refractivity contribution is 7.12. The average molecular weight is 617 g/mol. The maximum atomic E-state index is 14.1. The Hall–Kier alpha value is -4.81. The summed E-state index contributed by atoms with van der Waals surface area (Å²) in [4.78, 5) is 69.9. The lowest BCUT2D eigenvalue weighted by atomic mass is 10.1. The Balaban J connectivity index is 1.46. The molecule has 2 N–H and O–H groups in total. The number of hydrogen-bond donors (Lipinski definition) is 2.